The molecule has 1 aromatic carbocycles. The van der Waals surface area contributed by atoms with E-state index in [0.717, 1.165) is 33.6 Å². The fraction of sp³-hybridized carbons (Fsp3) is 0.105. The van der Waals surface area contributed by atoms with Crippen LogP contribution in [0, 0.1) is 11.3 Å². The van der Waals surface area contributed by atoms with E-state index in [1.165, 1.54) is 11.3 Å². The maximum absolute atomic E-state index is 9.58. The number of rotatable bonds is 4. The fourth-order valence-corrected chi connectivity index (χ4v) is 3.31. The third-order valence-corrected chi connectivity index (χ3v) is 4.70. The van der Waals surface area contributed by atoms with Crippen molar-refractivity contribution < 1.29 is 8.94 Å². The molecule has 4 aromatic rings. The van der Waals surface area contributed by atoms with Crippen molar-refractivity contribution in [3.8, 4) is 16.8 Å². The van der Waals surface area contributed by atoms with Crippen LogP contribution >= 0.6 is 11.3 Å². The van der Waals surface area contributed by atoms with E-state index < -0.39 is 0 Å². The summed E-state index contributed by atoms with van der Waals surface area (Å²) < 4.78 is 11.2. The van der Waals surface area contributed by atoms with Crippen LogP contribution in [0.5, 0.6) is 0 Å². The molecule has 4 rings (SSSR count). The zero-order valence-electron chi connectivity index (χ0n) is 13.4. The highest BCUT2D eigenvalue weighted by Crippen LogP contribution is 2.30. The summed E-state index contributed by atoms with van der Waals surface area (Å²) in [6.45, 7) is 2.02. The van der Waals surface area contributed by atoms with Crippen molar-refractivity contribution in [3.05, 3.63) is 59.0 Å². The van der Waals surface area contributed by atoms with Crippen molar-refractivity contribution in [1.29, 1.82) is 5.26 Å². The number of allylic oxidation sites excluding steroid dienone is 1. The molecule has 122 valence electrons. The summed E-state index contributed by atoms with van der Waals surface area (Å²) in [6, 6.07) is 13.8. The Labute approximate surface area is 147 Å². The van der Waals surface area contributed by atoms with Gasteiger partial charge in [-0.2, -0.15) is 10.2 Å². The van der Waals surface area contributed by atoms with E-state index in [0.29, 0.717) is 11.4 Å². The molecule has 0 aliphatic heterocycles. The number of nitrogens with zero attached hydrogens (tertiary/aromatic N) is 3. The molecule has 0 bridgehead atoms. The summed E-state index contributed by atoms with van der Waals surface area (Å²) >= 11 is 1.52. The van der Waals surface area contributed by atoms with Crippen molar-refractivity contribution in [3.63, 3.8) is 0 Å². The Morgan fingerprint density at radius 1 is 1.28 bits per heavy atom. The highest BCUT2D eigenvalue weighted by Gasteiger charge is 2.17. The van der Waals surface area contributed by atoms with Gasteiger partial charge in [0.05, 0.1) is 4.88 Å². The number of thiophene rings is 1. The molecule has 0 saturated carbocycles. The van der Waals surface area contributed by atoms with Gasteiger partial charge >= 0.3 is 0 Å². The van der Waals surface area contributed by atoms with E-state index >= 15 is 0 Å². The quantitative estimate of drug-likeness (QED) is 0.476. The first-order valence-electron chi connectivity index (χ1n) is 7.80. The Morgan fingerprint density at radius 2 is 2.16 bits per heavy atom. The van der Waals surface area contributed by atoms with Crippen LogP contribution in [0.25, 0.3) is 33.3 Å². The van der Waals surface area contributed by atoms with Crippen LogP contribution < -0.4 is 0 Å². The number of hydrogen-bond acceptors (Lipinski definition) is 6. The van der Waals surface area contributed by atoms with Crippen LogP contribution in [0.15, 0.2) is 50.7 Å². The third-order valence-electron chi connectivity index (χ3n) is 3.84. The molecular weight excluding hydrogens is 334 g/mol. The van der Waals surface area contributed by atoms with E-state index in [1.807, 2.05) is 48.7 Å². The average Bonchev–Trinajstić information content (AvgIpc) is 3.38. The first-order valence-corrected chi connectivity index (χ1v) is 8.68. The van der Waals surface area contributed by atoms with Gasteiger partial charge in [0.15, 0.2) is 0 Å². The van der Waals surface area contributed by atoms with Crippen molar-refractivity contribution in [2.75, 3.05) is 0 Å². The van der Waals surface area contributed by atoms with Gasteiger partial charge in [-0.3, -0.25) is 0 Å². The monoisotopic (exact) mass is 347 g/mol. The number of aryl methyl sites for hydroxylation is 1. The number of para-hydroxylation sites is 1. The number of fused-ring (bicyclic) bond motifs is 1. The first-order chi connectivity index (χ1) is 12.3. The van der Waals surface area contributed by atoms with Gasteiger partial charge in [0.25, 0.3) is 5.89 Å². The average molecular weight is 347 g/mol. The Morgan fingerprint density at radius 3 is 2.92 bits per heavy atom. The van der Waals surface area contributed by atoms with Crippen LogP contribution in [-0.2, 0) is 6.42 Å². The zero-order valence-corrected chi connectivity index (χ0v) is 14.2. The van der Waals surface area contributed by atoms with Gasteiger partial charge in [0, 0.05) is 17.4 Å². The normalized spacial score (nSPS) is 11.8. The maximum Gasteiger partial charge on any atom is 0.268 e. The molecule has 0 N–H and O–H groups in total. The summed E-state index contributed by atoms with van der Waals surface area (Å²) in [5.41, 5.74) is 2.00. The van der Waals surface area contributed by atoms with Gasteiger partial charge in [-0.25, -0.2) is 0 Å². The zero-order chi connectivity index (χ0) is 17.2. The lowest BCUT2D eigenvalue weighted by molar-refractivity contribution is 0.409. The predicted molar refractivity (Wildman–Crippen MR) is 96.7 cm³/mol. The van der Waals surface area contributed by atoms with E-state index in [-0.39, 0.29) is 5.89 Å². The van der Waals surface area contributed by atoms with Crippen molar-refractivity contribution in [2.24, 2.45) is 0 Å². The second-order valence-electron chi connectivity index (χ2n) is 5.36. The Bertz CT molecular complexity index is 1100. The molecule has 3 heterocycles. The van der Waals surface area contributed by atoms with E-state index in [1.54, 1.807) is 6.08 Å². The number of hydrogen-bond donors (Lipinski definition) is 0. The molecule has 0 spiro atoms. The maximum atomic E-state index is 9.58. The third kappa shape index (κ3) is 2.75. The summed E-state index contributed by atoms with van der Waals surface area (Å²) in [5, 5.41) is 16.5. The van der Waals surface area contributed by atoms with Crippen molar-refractivity contribution >= 4 is 34.0 Å². The molecule has 3 aromatic heterocycles. The van der Waals surface area contributed by atoms with Gasteiger partial charge in [-0.05, 0) is 23.6 Å². The Hall–Kier alpha value is -3.17. The molecule has 6 heteroatoms. The lowest BCUT2D eigenvalue weighted by Crippen LogP contribution is -1.85. The molecule has 0 unspecified atom stereocenters. The number of furan rings is 1. The summed E-state index contributed by atoms with van der Waals surface area (Å²) in [6.07, 6.45) is 2.49. The Kier molecular flexibility index (Phi) is 3.92. The number of nitriles is 1. The fourth-order valence-electron chi connectivity index (χ4n) is 2.66. The minimum Gasteiger partial charge on any atom is -0.460 e. The summed E-state index contributed by atoms with van der Waals surface area (Å²) in [5.74, 6) is 1.52. The lowest BCUT2D eigenvalue weighted by atomic mass is 10.1. The van der Waals surface area contributed by atoms with Gasteiger partial charge in [0.2, 0.25) is 5.82 Å². The Balaban J connectivity index is 1.81. The van der Waals surface area contributed by atoms with Crippen LogP contribution in [0.1, 0.15) is 24.1 Å². The number of aromatic nitrogens is 2. The highest BCUT2D eigenvalue weighted by molar-refractivity contribution is 7.13. The summed E-state index contributed by atoms with van der Waals surface area (Å²) in [4.78, 5) is 5.25. The lowest BCUT2D eigenvalue weighted by Gasteiger charge is -1.95. The second kappa shape index (κ2) is 6.38. The molecule has 0 saturated heterocycles. The molecule has 0 aliphatic carbocycles. The number of benzene rings is 1. The molecule has 0 radical (unpaired) electrons. The van der Waals surface area contributed by atoms with E-state index in [9.17, 15) is 5.26 Å². The van der Waals surface area contributed by atoms with E-state index in [2.05, 4.69) is 16.2 Å². The van der Waals surface area contributed by atoms with E-state index in [4.69, 9.17) is 8.94 Å². The van der Waals surface area contributed by atoms with Gasteiger partial charge in [0.1, 0.15) is 23.0 Å². The predicted octanol–water partition coefficient (Wildman–Crippen LogP) is 5.17. The SMILES string of the molecule is CCc1oc2ccccc2c1/C=C(\C#N)c1nc(-c2cccs2)no1. The molecule has 0 aliphatic rings. The summed E-state index contributed by atoms with van der Waals surface area (Å²) in [7, 11) is 0. The van der Waals surface area contributed by atoms with Gasteiger partial charge in [-0.15, -0.1) is 11.3 Å². The van der Waals surface area contributed by atoms with Crippen LogP contribution in [0.2, 0.25) is 0 Å². The minimum absolute atomic E-state index is 0.207. The molecule has 0 atom stereocenters. The van der Waals surface area contributed by atoms with Crippen LogP contribution in [0.3, 0.4) is 0 Å². The smallest absolute Gasteiger partial charge is 0.268 e. The topological polar surface area (TPSA) is 75.8 Å². The van der Waals surface area contributed by atoms with Gasteiger partial charge < -0.3 is 8.94 Å². The molecule has 0 fully saturated rings. The van der Waals surface area contributed by atoms with Crippen LogP contribution in [-0.4, -0.2) is 10.1 Å². The molecule has 25 heavy (non-hydrogen) atoms. The largest absolute Gasteiger partial charge is 0.460 e. The molecular formula is C19H13N3O2S. The van der Waals surface area contributed by atoms with Crippen molar-refractivity contribution in [1.82, 2.24) is 10.1 Å². The second-order valence-corrected chi connectivity index (χ2v) is 6.31. The molecule has 5 nitrogen and oxygen atoms in total. The first kappa shape index (κ1) is 15.4. The van der Waals surface area contributed by atoms with Crippen LogP contribution in [0.4, 0.5) is 0 Å². The standard InChI is InChI=1S/C19H13N3O2S/c1-2-15-14(13-6-3-4-7-16(13)23-15)10-12(11-20)19-21-18(22-24-19)17-8-5-9-25-17/h3-10H,2H2,1H3/b12-10+. The minimum atomic E-state index is 0.207. The highest BCUT2D eigenvalue weighted by atomic mass is 32.1. The van der Waals surface area contributed by atoms with Gasteiger partial charge in [-0.1, -0.05) is 36.3 Å². The molecule has 0 amide bonds. The van der Waals surface area contributed by atoms with Crippen molar-refractivity contribution in [2.45, 2.75) is 13.3 Å².